The molecule has 8 heteroatoms. The SMILES string of the molecule is Cc1noc(C(C)C)c1C(=O)Nc1nccnc1C(=O)O. The highest BCUT2D eigenvalue weighted by molar-refractivity contribution is 6.07. The zero-order valence-corrected chi connectivity index (χ0v) is 11.7. The first-order chi connectivity index (χ1) is 9.91. The molecule has 0 unspecified atom stereocenters. The van der Waals surface area contributed by atoms with Gasteiger partial charge >= 0.3 is 5.97 Å². The number of rotatable bonds is 4. The molecule has 2 aromatic heterocycles. The van der Waals surface area contributed by atoms with Crippen molar-refractivity contribution in [1.29, 1.82) is 0 Å². The number of anilines is 1. The van der Waals surface area contributed by atoms with Gasteiger partial charge in [-0.2, -0.15) is 0 Å². The van der Waals surface area contributed by atoms with Gasteiger partial charge in [-0.15, -0.1) is 0 Å². The van der Waals surface area contributed by atoms with Crippen LogP contribution in [0.25, 0.3) is 0 Å². The van der Waals surface area contributed by atoms with Gasteiger partial charge in [-0.05, 0) is 6.92 Å². The lowest BCUT2D eigenvalue weighted by atomic mass is 10.0. The summed E-state index contributed by atoms with van der Waals surface area (Å²) in [5.41, 5.74) is 0.384. The molecule has 0 aromatic carbocycles. The fourth-order valence-electron chi connectivity index (χ4n) is 1.81. The van der Waals surface area contributed by atoms with E-state index in [4.69, 9.17) is 9.63 Å². The van der Waals surface area contributed by atoms with E-state index in [1.165, 1.54) is 12.4 Å². The van der Waals surface area contributed by atoms with Crippen molar-refractivity contribution in [3.63, 3.8) is 0 Å². The summed E-state index contributed by atoms with van der Waals surface area (Å²) in [6, 6.07) is 0. The minimum Gasteiger partial charge on any atom is -0.476 e. The van der Waals surface area contributed by atoms with Gasteiger partial charge in [0.15, 0.2) is 17.3 Å². The molecule has 0 bridgehead atoms. The number of aromatic carboxylic acids is 1. The fraction of sp³-hybridized carbons (Fsp3) is 0.308. The first-order valence-electron chi connectivity index (χ1n) is 6.23. The molecule has 2 aromatic rings. The standard InChI is InChI=1S/C13H14N4O4/c1-6(2)10-8(7(3)17-21-10)12(18)16-11-9(13(19)20)14-4-5-15-11/h4-6H,1-3H3,(H,19,20)(H,15,16,18). The third-order valence-electron chi connectivity index (χ3n) is 2.77. The van der Waals surface area contributed by atoms with Gasteiger partial charge in [-0.3, -0.25) is 4.79 Å². The van der Waals surface area contributed by atoms with E-state index in [1.807, 2.05) is 13.8 Å². The van der Waals surface area contributed by atoms with Crippen molar-refractivity contribution < 1.29 is 19.2 Å². The van der Waals surface area contributed by atoms with Crippen LogP contribution in [0.4, 0.5) is 5.82 Å². The summed E-state index contributed by atoms with van der Waals surface area (Å²) in [5.74, 6) is -1.52. The number of hydrogen-bond donors (Lipinski definition) is 2. The molecule has 0 aliphatic rings. The Balaban J connectivity index is 2.35. The number of nitrogens with zero attached hydrogens (tertiary/aromatic N) is 3. The Labute approximate surface area is 120 Å². The first kappa shape index (κ1) is 14.6. The Bertz CT molecular complexity index is 693. The van der Waals surface area contributed by atoms with Gasteiger partial charge in [-0.25, -0.2) is 14.8 Å². The van der Waals surface area contributed by atoms with Crippen LogP contribution in [0.5, 0.6) is 0 Å². The van der Waals surface area contributed by atoms with Gasteiger partial charge in [0.1, 0.15) is 5.56 Å². The van der Waals surface area contributed by atoms with Crippen LogP contribution in [0, 0.1) is 6.92 Å². The quantitative estimate of drug-likeness (QED) is 0.881. The van der Waals surface area contributed by atoms with E-state index in [9.17, 15) is 9.59 Å². The highest BCUT2D eigenvalue weighted by Gasteiger charge is 2.24. The minimum absolute atomic E-state index is 0.0345. The summed E-state index contributed by atoms with van der Waals surface area (Å²) < 4.78 is 5.13. The summed E-state index contributed by atoms with van der Waals surface area (Å²) in [7, 11) is 0. The van der Waals surface area contributed by atoms with Crippen molar-refractivity contribution in [2.45, 2.75) is 26.7 Å². The summed E-state index contributed by atoms with van der Waals surface area (Å²) in [6.07, 6.45) is 2.54. The molecule has 0 radical (unpaired) electrons. The monoisotopic (exact) mass is 290 g/mol. The second-order valence-electron chi connectivity index (χ2n) is 4.67. The third-order valence-corrected chi connectivity index (χ3v) is 2.77. The fourth-order valence-corrected chi connectivity index (χ4v) is 1.81. The van der Waals surface area contributed by atoms with Crippen LogP contribution in [-0.2, 0) is 0 Å². The van der Waals surface area contributed by atoms with E-state index in [1.54, 1.807) is 6.92 Å². The smallest absolute Gasteiger partial charge is 0.358 e. The maximum absolute atomic E-state index is 12.3. The van der Waals surface area contributed by atoms with Crippen LogP contribution in [0.1, 0.15) is 52.1 Å². The van der Waals surface area contributed by atoms with Gasteiger partial charge in [0.2, 0.25) is 0 Å². The molecule has 1 amide bonds. The average Bonchev–Trinajstić information content (AvgIpc) is 2.81. The predicted octanol–water partition coefficient (Wildman–Crippen LogP) is 1.85. The van der Waals surface area contributed by atoms with E-state index in [0.29, 0.717) is 11.5 Å². The summed E-state index contributed by atoms with van der Waals surface area (Å²) in [5, 5.41) is 15.2. The Morgan fingerprint density at radius 1 is 1.29 bits per heavy atom. The van der Waals surface area contributed by atoms with Crippen LogP contribution in [0.2, 0.25) is 0 Å². The lowest BCUT2D eigenvalue weighted by molar-refractivity contribution is 0.0691. The number of aryl methyl sites for hydroxylation is 1. The lowest BCUT2D eigenvalue weighted by Gasteiger charge is -2.07. The van der Waals surface area contributed by atoms with Crippen LogP contribution in [-0.4, -0.2) is 32.1 Å². The van der Waals surface area contributed by atoms with Gasteiger partial charge in [0.05, 0.1) is 5.69 Å². The molecule has 8 nitrogen and oxygen atoms in total. The number of aromatic nitrogens is 3. The Morgan fingerprint density at radius 3 is 2.57 bits per heavy atom. The summed E-state index contributed by atoms with van der Waals surface area (Å²) in [6.45, 7) is 5.36. The van der Waals surface area contributed by atoms with Crippen molar-refractivity contribution in [1.82, 2.24) is 15.1 Å². The Morgan fingerprint density at radius 2 is 1.95 bits per heavy atom. The number of carboxylic acid groups (broad SMARTS) is 1. The molecule has 2 N–H and O–H groups in total. The molecule has 110 valence electrons. The molecule has 2 rings (SSSR count). The topological polar surface area (TPSA) is 118 Å². The van der Waals surface area contributed by atoms with Crippen molar-refractivity contribution in [2.24, 2.45) is 0 Å². The van der Waals surface area contributed by atoms with Crippen LogP contribution < -0.4 is 5.32 Å². The molecule has 0 aliphatic heterocycles. The summed E-state index contributed by atoms with van der Waals surface area (Å²) >= 11 is 0. The number of carboxylic acids is 1. The van der Waals surface area contributed by atoms with Crippen LogP contribution in [0.3, 0.4) is 0 Å². The largest absolute Gasteiger partial charge is 0.476 e. The maximum Gasteiger partial charge on any atom is 0.358 e. The second kappa shape index (κ2) is 5.70. The molecule has 0 fully saturated rings. The molecule has 0 atom stereocenters. The van der Waals surface area contributed by atoms with Crippen molar-refractivity contribution in [3.8, 4) is 0 Å². The van der Waals surface area contributed by atoms with Gasteiger partial charge in [0.25, 0.3) is 5.91 Å². The number of hydrogen-bond acceptors (Lipinski definition) is 6. The highest BCUT2D eigenvalue weighted by Crippen LogP contribution is 2.23. The van der Waals surface area contributed by atoms with Crippen molar-refractivity contribution in [3.05, 3.63) is 35.1 Å². The number of carbonyl (C=O) groups excluding carboxylic acids is 1. The molecule has 21 heavy (non-hydrogen) atoms. The van der Waals surface area contributed by atoms with E-state index in [0.717, 1.165) is 0 Å². The van der Waals surface area contributed by atoms with Crippen molar-refractivity contribution in [2.75, 3.05) is 5.32 Å². The Hall–Kier alpha value is -2.77. The van der Waals surface area contributed by atoms with E-state index in [-0.39, 0.29) is 23.0 Å². The molecule has 0 saturated heterocycles. The number of nitrogens with one attached hydrogen (secondary N) is 1. The molecular formula is C13H14N4O4. The van der Waals surface area contributed by atoms with E-state index >= 15 is 0 Å². The molecule has 0 aliphatic carbocycles. The first-order valence-corrected chi connectivity index (χ1v) is 6.23. The van der Waals surface area contributed by atoms with Gasteiger partial charge < -0.3 is 14.9 Å². The minimum atomic E-state index is -1.27. The van der Waals surface area contributed by atoms with Gasteiger partial charge in [-0.1, -0.05) is 19.0 Å². The highest BCUT2D eigenvalue weighted by atomic mass is 16.5. The number of carbonyl (C=O) groups is 2. The molecule has 2 heterocycles. The van der Waals surface area contributed by atoms with Crippen molar-refractivity contribution >= 4 is 17.7 Å². The van der Waals surface area contributed by atoms with Crippen LogP contribution in [0.15, 0.2) is 16.9 Å². The predicted molar refractivity (Wildman–Crippen MR) is 72.3 cm³/mol. The normalized spacial score (nSPS) is 10.7. The zero-order chi connectivity index (χ0) is 15.6. The molecule has 0 spiro atoms. The maximum atomic E-state index is 12.3. The second-order valence-corrected chi connectivity index (χ2v) is 4.67. The van der Waals surface area contributed by atoms with E-state index in [2.05, 4.69) is 20.4 Å². The van der Waals surface area contributed by atoms with Gasteiger partial charge in [0, 0.05) is 18.3 Å². The lowest BCUT2D eigenvalue weighted by Crippen LogP contribution is -2.18. The molecule has 0 saturated carbocycles. The number of amides is 1. The third kappa shape index (κ3) is 2.88. The Kier molecular flexibility index (Phi) is 3.97. The summed E-state index contributed by atoms with van der Waals surface area (Å²) in [4.78, 5) is 30.9. The average molecular weight is 290 g/mol. The van der Waals surface area contributed by atoms with E-state index < -0.39 is 11.9 Å². The zero-order valence-electron chi connectivity index (χ0n) is 11.7. The molecular weight excluding hydrogens is 276 g/mol. The van der Waals surface area contributed by atoms with Crippen LogP contribution >= 0.6 is 0 Å².